The van der Waals surface area contributed by atoms with E-state index < -0.39 is 11.6 Å². The molecule has 1 amide bonds. The standard InChI is InChI=1S/C22H27F2N3O/c1-26(14-17-5-3-2-4-6-17)15-18-9-11-27(12-10-18)16-22(28)25-21-13-19(23)7-8-20(21)24/h2-8,13,18H,9-12,14-16H2,1H3,(H,25,28). The molecule has 0 aliphatic carbocycles. The van der Waals surface area contributed by atoms with E-state index in [1.54, 1.807) is 0 Å². The average Bonchev–Trinajstić information content (AvgIpc) is 2.67. The van der Waals surface area contributed by atoms with Crippen LogP contribution in [0, 0.1) is 17.6 Å². The normalized spacial score (nSPS) is 15.7. The minimum atomic E-state index is -0.630. The van der Waals surface area contributed by atoms with Gasteiger partial charge in [-0.15, -0.1) is 0 Å². The predicted octanol–water partition coefficient (Wildman–Crippen LogP) is 3.75. The molecule has 0 atom stereocenters. The largest absolute Gasteiger partial charge is 0.322 e. The summed E-state index contributed by atoms with van der Waals surface area (Å²) in [4.78, 5) is 16.6. The number of halogens is 2. The second kappa shape index (κ2) is 9.75. The molecule has 1 N–H and O–H groups in total. The lowest BCUT2D eigenvalue weighted by atomic mass is 9.96. The Bertz CT molecular complexity index is 777. The molecule has 150 valence electrons. The monoisotopic (exact) mass is 387 g/mol. The molecule has 0 unspecified atom stereocenters. The van der Waals surface area contributed by atoms with E-state index in [9.17, 15) is 13.6 Å². The number of nitrogens with zero attached hydrogens (tertiary/aromatic N) is 2. The lowest BCUT2D eigenvalue weighted by molar-refractivity contribution is -0.117. The summed E-state index contributed by atoms with van der Waals surface area (Å²) >= 11 is 0. The number of anilines is 1. The molecule has 1 aliphatic rings. The van der Waals surface area contributed by atoms with Gasteiger partial charge in [-0.25, -0.2) is 8.78 Å². The molecule has 2 aromatic rings. The van der Waals surface area contributed by atoms with E-state index in [-0.39, 0.29) is 18.1 Å². The van der Waals surface area contributed by atoms with Crippen LogP contribution < -0.4 is 5.32 Å². The van der Waals surface area contributed by atoms with Gasteiger partial charge in [0.05, 0.1) is 12.2 Å². The molecule has 3 rings (SSSR count). The van der Waals surface area contributed by atoms with Crippen molar-refractivity contribution >= 4 is 11.6 Å². The van der Waals surface area contributed by atoms with Gasteiger partial charge in [0.15, 0.2) is 0 Å². The second-order valence-electron chi connectivity index (χ2n) is 7.57. The van der Waals surface area contributed by atoms with Crippen LogP contribution in [0.4, 0.5) is 14.5 Å². The SMILES string of the molecule is CN(Cc1ccccc1)CC1CCN(CC(=O)Nc2cc(F)ccc2F)CC1. The van der Waals surface area contributed by atoms with Crippen LogP contribution in [0.15, 0.2) is 48.5 Å². The highest BCUT2D eigenvalue weighted by Gasteiger charge is 2.22. The zero-order valence-corrected chi connectivity index (χ0v) is 16.2. The predicted molar refractivity (Wildman–Crippen MR) is 107 cm³/mol. The first-order valence-electron chi connectivity index (χ1n) is 9.69. The molecule has 0 saturated carbocycles. The van der Waals surface area contributed by atoms with Crippen molar-refractivity contribution in [3.05, 3.63) is 65.7 Å². The topological polar surface area (TPSA) is 35.6 Å². The van der Waals surface area contributed by atoms with E-state index in [2.05, 4.69) is 46.4 Å². The van der Waals surface area contributed by atoms with Crippen molar-refractivity contribution in [3.8, 4) is 0 Å². The fourth-order valence-corrected chi connectivity index (χ4v) is 3.71. The number of benzene rings is 2. The summed E-state index contributed by atoms with van der Waals surface area (Å²) in [5, 5.41) is 2.47. The maximum absolute atomic E-state index is 13.6. The van der Waals surface area contributed by atoms with Gasteiger partial charge in [-0.3, -0.25) is 9.69 Å². The Morgan fingerprint density at radius 1 is 1.14 bits per heavy atom. The Hall–Kier alpha value is -2.31. The number of hydrogen-bond donors (Lipinski definition) is 1. The molecule has 0 spiro atoms. The summed E-state index contributed by atoms with van der Waals surface area (Å²) in [5.41, 5.74) is 1.20. The van der Waals surface area contributed by atoms with Crippen molar-refractivity contribution in [2.24, 2.45) is 5.92 Å². The van der Waals surface area contributed by atoms with Crippen molar-refractivity contribution in [2.45, 2.75) is 19.4 Å². The fourth-order valence-electron chi connectivity index (χ4n) is 3.71. The van der Waals surface area contributed by atoms with Gasteiger partial charge >= 0.3 is 0 Å². The summed E-state index contributed by atoms with van der Waals surface area (Å²) in [5.74, 6) is -0.912. The van der Waals surface area contributed by atoms with Crippen LogP contribution in [0.1, 0.15) is 18.4 Å². The van der Waals surface area contributed by atoms with Gasteiger partial charge in [0.2, 0.25) is 5.91 Å². The molecule has 1 heterocycles. The Kier molecular flexibility index (Phi) is 7.12. The van der Waals surface area contributed by atoms with Crippen LogP contribution in [0.25, 0.3) is 0 Å². The van der Waals surface area contributed by atoms with E-state index in [0.29, 0.717) is 5.92 Å². The van der Waals surface area contributed by atoms with Crippen molar-refractivity contribution in [1.82, 2.24) is 9.80 Å². The molecule has 0 aromatic heterocycles. The number of likely N-dealkylation sites (tertiary alicyclic amines) is 1. The van der Waals surface area contributed by atoms with Gasteiger partial charge in [-0.2, -0.15) is 0 Å². The van der Waals surface area contributed by atoms with Crippen molar-refractivity contribution in [1.29, 1.82) is 0 Å². The summed E-state index contributed by atoms with van der Waals surface area (Å²) in [6, 6.07) is 13.5. The molecular weight excluding hydrogens is 360 g/mol. The number of carbonyl (C=O) groups is 1. The third kappa shape index (κ3) is 6.11. The smallest absolute Gasteiger partial charge is 0.238 e. The Morgan fingerprint density at radius 3 is 2.57 bits per heavy atom. The van der Waals surface area contributed by atoms with E-state index in [0.717, 1.165) is 57.2 Å². The molecule has 0 bridgehead atoms. The molecule has 28 heavy (non-hydrogen) atoms. The lowest BCUT2D eigenvalue weighted by Gasteiger charge is -2.33. The van der Waals surface area contributed by atoms with Crippen LogP contribution in [0.5, 0.6) is 0 Å². The minimum absolute atomic E-state index is 0.109. The van der Waals surface area contributed by atoms with E-state index in [4.69, 9.17) is 0 Å². The average molecular weight is 387 g/mol. The molecule has 4 nitrogen and oxygen atoms in total. The number of piperidine rings is 1. The van der Waals surface area contributed by atoms with E-state index in [1.165, 1.54) is 5.56 Å². The maximum atomic E-state index is 13.6. The van der Waals surface area contributed by atoms with Crippen LogP contribution in [-0.4, -0.2) is 48.9 Å². The summed E-state index contributed by atoms with van der Waals surface area (Å²) in [6.07, 6.45) is 2.06. The van der Waals surface area contributed by atoms with Crippen molar-refractivity contribution in [2.75, 3.05) is 38.5 Å². The highest BCUT2D eigenvalue weighted by atomic mass is 19.1. The first-order valence-corrected chi connectivity index (χ1v) is 9.69. The molecule has 6 heteroatoms. The molecule has 1 fully saturated rings. The summed E-state index contributed by atoms with van der Waals surface area (Å²) in [7, 11) is 2.14. The van der Waals surface area contributed by atoms with Gasteiger partial charge in [0.1, 0.15) is 11.6 Å². The zero-order chi connectivity index (χ0) is 19.9. The highest BCUT2D eigenvalue weighted by molar-refractivity contribution is 5.92. The van der Waals surface area contributed by atoms with Gasteiger partial charge < -0.3 is 10.2 Å². The lowest BCUT2D eigenvalue weighted by Crippen LogP contribution is -2.41. The number of rotatable bonds is 7. The van der Waals surface area contributed by atoms with Gasteiger partial charge in [-0.1, -0.05) is 30.3 Å². The molecule has 2 aromatic carbocycles. The second-order valence-corrected chi connectivity index (χ2v) is 7.57. The van der Waals surface area contributed by atoms with Gasteiger partial charge in [-0.05, 0) is 56.6 Å². The minimum Gasteiger partial charge on any atom is -0.322 e. The third-order valence-corrected chi connectivity index (χ3v) is 5.14. The third-order valence-electron chi connectivity index (χ3n) is 5.14. The van der Waals surface area contributed by atoms with Gasteiger partial charge in [0, 0.05) is 19.2 Å². The number of nitrogens with one attached hydrogen (secondary N) is 1. The van der Waals surface area contributed by atoms with E-state index in [1.807, 2.05) is 6.07 Å². The summed E-state index contributed by atoms with van der Waals surface area (Å²) < 4.78 is 26.8. The van der Waals surface area contributed by atoms with Crippen LogP contribution in [-0.2, 0) is 11.3 Å². The molecule has 0 radical (unpaired) electrons. The van der Waals surface area contributed by atoms with Gasteiger partial charge in [0.25, 0.3) is 0 Å². The Balaban J connectivity index is 1.40. The highest BCUT2D eigenvalue weighted by Crippen LogP contribution is 2.19. The number of amides is 1. The molecular formula is C22H27F2N3O. The van der Waals surface area contributed by atoms with Crippen molar-refractivity contribution in [3.63, 3.8) is 0 Å². The maximum Gasteiger partial charge on any atom is 0.238 e. The zero-order valence-electron chi connectivity index (χ0n) is 16.2. The van der Waals surface area contributed by atoms with E-state index >= 15 is 0 Å². The Labute approximate surface area is 165 Å². The first-order chi connectivity index (χ1) is 13.5. The molecule has 1 saturated heterocycles. The number of carbonyl (C=O) groups excluding carboxylic acids is 1. The van der Waals surface area contributed by atoms with Crippen LogP contribution in [0.2, 0.25) is 0 Å². The number of hydrogen-bond acceptors (Lipinski definition) is 3. The summed E-state index contributed by atoms with van der Waals surface area (Å²) in [6.45, 7) is 3.83. The first kappa shape index (κ1) is 20.4. The Morgan fingerprint density at radius 2 is 1.86 bits per heavy atom. The van der Waals surface area contributed by atoms with Crippen molar-refractivity contribution < 1.29 is 13.6 Å². The molecule has 1 aliphatic heterocycles. The quantitative estimate of drug-likeness (QED) is 0.786. The van der Waals surface area contributed by atoms with Crippen LogP contribution in [0.3, 0.4) is 0 Å². The van der Waals surface area contributed by atoms with Crippen LogP contribution >= 0.6 is 0 Å². The fraction of sp³-hybridized carbons (Fsp3) is 0.409.